The molecular formula is C13H19ClN2O. The number of halogens is 1. The number of anilines is 1. The summed E-state index contributed by atoms with van der Waals surface area (Å²) in [5, 5.41) is 6.65. The van der Waals surface area contributed by atoms with Gasteiger partial charge in [0.2, 0.25) is 5.91 Å². The maximum atomic E-state index is 11.7. The molecule has 1 aromatic carbocycles. The number of nitrogens with one attached hydrogen (secondary N) is 2. The molecule has 0 saturated carbocycles. The highest BCUT2D eigenvalue weighted by atomic mass is 35.5. The highest BCUT2D eigenvalue weighted by Crippen LogP contribution is 2.14. The maximum Gasteiger partial charge on any atom is 0.239 e. The Bertz CT molecular complexity index is 391. The van der Waals surface area contributed by atoms with Crippen LogP contribution >= 0.6 is 11.6 Å². The second kappa shape index (κ2) is 5.92. The van der Waals surface area contributed by atoms with Crippen LogP contribution in [0.5, 0.6) is 0 Å². The summed E-state index contributed by atoms with van der Waals surface area (Å²) >= 11 is 5.85. The summed E-state index contributed by atoms with van der Waals surface area (Å²) < 4.78 is 0. The van der Waals surface area contributed by atoms with Gasteiger partial charge in [-0.15, -0.1) is 0 Å². The molecule has 0 atom stereocenters. The monoisotopic (exact) mass is 254 g/mol. The minimum absolute atomic E-state index is 0.0168. The van der Waals surface area contributed by atoms with Crippen molar-refractivity contribution in [3.8, 4) is 0 Å². The van der Waals surface area contributed by atoms with E-state index < -0.39 is 0 Å². The minimum Gasteiger partial charge on any atom is -0.376 e. The molecule has 2 N–H and O–H groups in total. The predicted molar refractivity (Wildman–Crippen MR) is 72.5 cm³/mol. The Morgan fingerprint density at radius 3 is 2.71 bits per heavy atom. The number of rotatable bonds is 5. The molecule has 1 rings (SSSR count). The zero-order chi connectivity index (χ0) is 12.9. The zero-order valence-electron chi connectivity index (χ0n) is 10.5. The van der Waals surface area contributed by atoms with Crippen molar-refractivity contribution in [3.05, 3.63) is 29.3 Å². The molecule has 17 heavy (non-hydrogen) atoms. The Balaban J connectivity index is 2.44. The fraction of sp³-hybridized carbons (Fsp3) is 0.462. The van der Waals surface area contributed by atoms with Crippen LogP contribution in [0, 0.1) is 0 Å². The third-order valence-corrected chi connectivity index (χ3v) is 2.87. The minimum atomic E-state index is -0.160. The van der Waals surface area contributed by atoms with Crippen molar-refractivity contribution in [2.24, 2.45) is 0 Å². The zero-order valence-corrected chi connectivity index (χ0v) is 11.3. The number of benzene rings is 1. The maximum absolute atomic E-state index is 11.7. The Morgan fingerprint density at radius 1 is 1.41 bits per heavy atom. The van der Waals surface area contributed by atoms with E-state index in [0.717, 1.165) is 12.1 Å². The van der Waals surface area contributed by atoms with E-state index in [9.17, 15) is 4.79 Å². The lowest BCUT2D eigenvalue weighted by Crippen LogP contribution is -2.45. The summed E-state index contributed by atoms with van der Waals surface area (Å²) in [6.45, 7) is 6.31. The quantitative estimate of drug-likeness (QED) is 0.848. The molecule has 0 fully saturated rings. The van der Waals surface area contributed by atoms with Gasteiger partial charge >= 0.3 is 0 Å². The Labute approximate surface area is 108 Å². The van der Waals surface area contributed by atoms with Crippen molar-refractivity contribution in [1.29, 1.82) is 0 Å². The van der Waals surface area contributed by atoms with E-state index in [1.54, 1.807) is 12.1 Å². The van der Waals surface area contributed by atoms with Crippen molar-refractivity contribution in [1.82, 2.24) is 5.32 Å². The first-order chi connectivity index (χ1) is 7.93. The first kappa shape index (κ1) is 13.8. The molecule has 0 aromatic heterocycles. The lowest BCUT2D eigenvalue weighted by atomic mass is 10.0. The molecule has 0 aliphatic heterocycles. The van der Waals surface area contributed by atoms with Gasteiger partial charge < -0.3 is 10.6 Å². The Kier molecular flexibility index (Phi) is 4.82. The molecule has 0 radical (unpaired) electrons. The molecule has 0 aliphatic rings. The van der Waals surface area contributed by atoms with Crippen LogP contribution in [0.1, 0.15) is 27.2 Å². The summed E-state index contributed by atoms with van der Waals surface area (Å²) in [5.74, 6) is -0.0168. The van der Waals surface area contributed by atoms with Crippen LogP contribution in [0.2, 0.25) is 5.02 Å². The lowest BCUT2D eigenvalue weighted by molar-refractivity contribution is -0.121. The highest BCUT2D eigenvalue weighted by molar-refractivity contribution is 6.30. The summed E-state index contributed by atoms with van der Waals surface area (Å²) in [7, 11) is 0. The predicted octanol–water partition coefficient (Wildman–Crippen LogP) is 3.06. The van der Waals surface area contributed by atoms with E-state index in [2.05, 4.69) is 10.6 Å². The van der Waals surface area contributed by atoms with Gasteiger partial charge in [0.1, 0.15) is 0 Å². The van der Waals surface area contributed by atoms with Crippen molar-refractivity contribution < 1.29 is 4.79 Å². The van der Waals surface area contributed by atoms with Gasteiger partial charge in [-0.3, -0.25) is 4.79 Å². The molecule has 0 spiro atoms. The Morgan fingerprint density at radius 2 is 2.12 bits per heavy atom. The largest absolute Gasteiger partial charge is 0.376 e. The third kappa shape index (κ3) is 5.09. The van der Waals surface area contributed by atoms with E-state index in [1.807, 2.05) is 32.9 Å². The second-order valence-electron chi connectivity index (χ2n) is 4.65. The molecule has 4 heteroatoms. The van der Waals surface area contributed by atoms with Crippen LogP contribution < -0.4 is 10.6 Å². The number of carbonyl (C=O) groups is 1. The fourth-order valence-electron chi connectivity index (χ4n) is 1.29. The normalized spacial score (nSPS) is 11.1. The lowest BCUT2D eigenvalue weighted by Gasteiger charge is -2.24. The summed E-state index contributed by atoms with van der Waals surface area (Å²) in [4.78, 5) is 11.7. The van der Waals surface area contributed by atoms with E-state index >= 15 is 0 Å². The molecule has 1 aromatic rings. The van der Waals surface area contributed by atoms with Crippen molar-refractivity contribution in [2.45, 2.75) is 32.7 Å². The van der Waals surface area contributed by atoms with Gasteiger partial charge in [0.15, 0.2) is 0 Å². The van der Waals surface area contributed by atoms with Crippen molar-refractivity contribution in [2.75, 3.05) is 11.9 Å². The molecule has 0 aliphatic carbocycles. The van der Waals surface area contributed by atoms with E-state index in [-0.39, 0.29) is 18.0 Å². The van der Waals surface area contributed by atoms with Gasteiger partial charge in [0, 0.05) is 16.2 Å². The highest BCUT2D eigenvalue weighted by Gasteiger charge is 2.17. The number of hydrogen-bond donors (Lipinski definition) is 2. The van der Waals surface area contributed by atoms with Crippen LogP contribution in [0.15, 0.2) is 24.3 Å². The average Bonchev–Trinajstić information content (AvgIpc) is 2.26. The van der Waals surface area contributed by atoms with Crippen molar-refractivity contribution in [3.63, 3.8) is 0 Å². The van der Waals surface area contributed by atoms with Crippen molar-refractivity contribution >= 4 is 23.2 Å². The van der Waals surface area contributed by atoms with Crippen LogP contribution in [0.4, 0.5) is 5.69 Å². The molecule has 94 valence electrons. The van der Waals surface area contributed by atoms with E-state index in [4.69, 9.17) is 11.6 Å². The topological polar surface area (TPSA) is 41.1 Å². The number of amides is 1. The third-order valence-electron chi connectivity index (χ3n) is 2.64. The molecule has 0 bridgehead atoms. The summed E-state index contributed by atoms with van der Waals surface area (Å²) in [5.41, 5.74) is 0.689. The first-order valence-corrected chi connectivity index (χ1v) is 6.11. The summed E-state index contributed by atoms with van der Waals surface area (Å²) in [6.07, 6.45) is 0.899. The van der Waals surface area contributed by atoms with Gasteiger partial charge in [-0.05, 0) is 38.5 Å². The molecule has 3 nitrogen and oxygen atoms in total. The average molecular weight is 255 g/mol. The van der Waals surface area contributed by atoms with Gasteiger partial charge in [-0.1, -0.05) is 24.6 Å². The van der Waals surface area contributed by atoms with E-state index in [1.165, 1.54) is 0 Å². The molecule has 0 unspecified atom stereocenters. The van der Waals surface area contributed by atoms with Crippen LogP contribution in [0.25, 0.3) is 0 Å². The molecule has 0 saturated heterocycles. The molecule has 0 heterocycles. The van der Waals surface area contributed by atoms with E-state index in [0.29, 0.717) is 5.02 Å². The van der Waals surface area contributed by atoms with Crippen LogP contribution in [-0.2, 0) is 4.79 Å². The van der Waals surface area contributed by atoms with Gasteiger partial charge in [0.25, 0.3) is 0 Å². The fourth-order valence-corrected chi connectivity index (χ4v) is 1.48. The molecule has 1 amide bonds. The number of hydrogen-bond acceptors (Lipinski definition) is 2. The smallest absolute Gasteiger partial charge is 0.239 e. The molecular weight excluding hydrogens is 236 g/mol. The van der Waals surface area contributed by atoms with Gasteiger partial charge in [-0.2, -0.15) is 0 Å². The number of carbonyl (C=O) groups excluding carboxylic acids is 1. The second-order valence-corrected chi connectivity index (χ2v) is 5.09. The first-order valence-electron chi connectivity index (χ1n) is 5.73. The Hall–Kier alpha value is -1.22. The summed E-state index contributed by atoms with van der Waals surface area (Å²) in [6, 6.07) is 7.31. The van der Waals surface area contributed by atoms with Crippen LogP contribution in [0.3, 0.4) is 0 Å². The van der Waals surface area contributed by atoms with Crippen LogP contribution in [-0.4, -0.2) is 18.0 Å². The SMILES string of the molecule is CCC(C)(C)NC(=O)CNc1cccc(Cl)c1. The van der Waals surface area contributed by atoms with Gasteiger partial charge in [0.05, 0.1) is 6.54 Å². The van der Waals surface area contributed by atoms with Gasteiger partial charge in [-0.25, -0.2) is 0 Å². The standard InChI is InChI=1S/C13H19ClN2O/c1-4-13(2,3)16-12(17)9-15-11-7-5-6-10(14)8-11/h5-8,15H,4,9H2,1-3H3,(H,16,17).